The van der Waals surface area contributed by atoms with Gasteiger partial charge in [0.05, 0.1) is 30.3 Å². The molecule has 0 aliphatic carbocycles. The van der Waals surface area contributed by atoms with Crippen molar-refractivity contribution in [2.45, 2.75) is 12.3 Å². The number of carbonyl (C=O) groups is 2. The van der Waals surface area contributed by atoms with Gasteiger partial charge in [-0.1, -0.05) is 0 Å². The number of imidazole rings is 1. The van der Waals surface area contributed by atoms with Crippen LogP contribution in [0.5, 0.6) is 0 Å². The third kappa shape index (κ3) is 2.93. The summed E-state index contributed by atoms with van der Waals surface area (Å²) in [5.41, 5.74) is 0.221. The average Bonchev–Trinajstić information content (AvgIpc) is 3.43. The van der Waals surface area contributed by atoms with Crippen molar-refractivity contribution in [1.82, 2.24) is 19.4 Å². The monoisotopic (exact) mass is 372 g/mol. The van der Waals surface area contributed by atoms with Crippen LogP contribution in [0, 0.1) is 5.41 Å². The molecule has 2 aliphatic heterocycles. The lowest BCUT2D eigenvalue weighted by Crippen LogP contribution is -2.41. The van der Waals surface area contributed by atoms with E-state index in [-0.39, 0.29) is 17.7 Å². The maximum Gasteiger partial charge on any atom is 0.289 e. The van der Waals surface area contributed by atoms with Gasteiger partial charge in [-0.25, -0.2) is 4.98 Å². The zero-order chi connectivity index (χ0) is 19.0. The van der Waals surface area contributed by atoms with E-state index in [2.05, 4.69) is 4.98 Å². The lowest BCUT2D eigenvalue weighted by atomic mass is 9.75. The van der Waals surface area contributed by atoms with E-state index in [1.807, 2.05) is 22.7 Å². The van der Waals surface area contributed by atoms with Crippen molar-refractivity contribution in [1.29, 1.82) is 0 Å². The Morgan fingerprint density at radius 3 is 3.00 bits per heavy atom. The number of carbonyl (C=O) groups excluding carboxylic acids is 2. The van der Waals surface area contributed by atoms with Crippen LogP contribution in [0.15, 0.2) is 35.3 Å². The van der Waals surface area contributed by atoms with E-state index in [1.165, 1.54) is 6.26 Å². The molecule has 8 nitrogen and oxygen atoms in total. The summed E-state index contributed by atoms with van der Waals surface area (Å²) in [4.78, 5) is 34.3. The third-order valence-electron chi connectivity index (χ3n) is 5.75. The molecule has 2 aromatic rings. The zero-order valence-corrected chi connectivity index (χ0v) is 15.6. The summed E-state index contributed by atoms with van der Waals surface area (Å²) in [7, 11) is 3.54. The minimum Gasteiger partial charge on any atom is -0.459 e. The first-order chi connectivity index (χ1) is 13.0. The molecule has 0 saturated carbocycles. The van der Waals surface area contributed by atoms with Crippen LogP contribution in [0.1, 0.15) is 28.6 Å². The van der Waals surface area contributed by atoms with Crippen LogP contribution in [0.2, 0.25) is 0 Å². The Labute approximate surface area is 157 Å². The zero-order valence-electron chi connectivity index (χ0n) is 15.6. The minimum absolute atomic E-state index is 0.0879. The molecular formula is C19H24N4O4. The summed E-state index contributed by atoms with van der Waals surface area (Å²) >= 11 is 0. The second kappa shape index (κ2) is 6.84. The number of methoxy groups -OCH3 is 1. The molecule has 0 N–H and O–H groups in total. The molecule has 0 bridgehead atoms. The molecule has 2 aromatic heterocycles. The van der Waals surface area contributed by atoms with Crippen LogP contribution < -0.4 is 0 Å². The number of aromatic nitrogens is 2. The molecule has 2 aliphatic rings. The number of hydrogen-bond donors (Lipinski definition) is 0. The largest absolute Gasteiger partial charge is 0.459 e. The van der Waals surface area contributed by atoms with Gasteiger partial charge in [-0.05, 0) is 18.6 Å². The first-order valence-electron chi connectivity index (χ1n) is 9.14. The fourth-order valence-electron chi connectivity index (χ4n) is 4.35. The fourth-order valence-corrected chi connectivity index (χ4v) is 4.35. The molecule has 8 heteroatoms. The Morgan fingerprint density at radius 2 is 2.33 bits per heavy atom. The van der Waals surface area contributed by atoms with Crippen LogP contribution in [-0.2, 0) is 16.6 Å². The number of likely N-dealkylation sites (tertiary alicyclic amines) is 2. The molecule has 27 heavy (non-hydrogen) atoms. The highest BCUT2D eigenvalue weighted by molar-refractivity contribution is 5.94. The third-order valence-corrected chi connectivity index (χ3v) is 5.75. The van der Waals surface area contributed by atoms with Crippen LogP contribution in [-0.4, -0.2) is 71.1 Å². The molecule has 2 fully saturated rings. The second-order valence-corrected chi connectivity index (χ2v) is 7.37. The van der Waals surface area contributed by atoms with E-state index in [0.29, 0.717) is 45.0 Å². The van der Waals surface area contributed by atoms with E-state index < -0.39 is 5.41 Å². The number of furan rings is 1. The van der Waals surface area contributed by atoms with Crippen molar-refractivity contribution < 1.29 is 18.7 Å². The summed E-state index contributed by atoms with van der Waals surface area (Å²) in [6, 6.07) is 3.35. The summed E-state index contributed by atoms with van der Waals surface area (Å²) in [6.45, 7) is 2.59. The molecule has 2 atom stereocenters. The van der Waals surface area contributed by atoms with Gasteiger partial charge in [0.1, 0.15) is 0 Å². The van der Waals surface area contributed by atoms with Crippen LogP contribution >= 0.6 is 0 Å². The molecule has 4 rings (SSSR count). The Morgan fingerprint density at radius 1 is 1.48 bits per heavy atom. The molecule has 1 spiro atoms. The first kappa shape index (κ1) is 17.8. The summed E-state index contributed by atoms with van der Waals surface area (Å²) < 4.78 is 12.3. The molecule has 144 valence electrons. The van der Waals surface area contributed by atoms with Crippen molar-refractivity contribution >= 4 is 11.8 Å². The van der Waals surface area contributed by atoms with Gasteiger partial charge >= 0.3 is 0 Å². The molecule has 0 aromatic carbocycles. The molecule has 2 amide bonds. The van der Waals surface area contributed by atoms with Crippen LogP contribution in [0.4, 0.5) is 0 Å². The van der Waals surface area contributed by atoms with Gasteiger partial charge in [0.25, 0.3) is 5.91 Å². The van der Waals surface area contributed by atoms with Gasteiger partial charge in [-0.15, -0.1) is 0 Å². The number of nitrogens with zero attached hydrogens (tertiary/aromatic N) is 4. The maximum absolute atomic E-state index is 13.4. The van der Waals surface area contributed by atoms with E-state index in [4.69, 9.17) is 9.15 Å². The van der Waals surface area contributed by atoms with Gasteiger partial charge in [-0.3, -0.25) is 9.59 Å². The van der Waals surface area contributed by atoms with Crippen molar-refractivity contribution in [2.75, 3.05) is 39.9 Å². The lowest BCUT2D eigenvalue weighted by molar-refractivity contribution is -0.136. The number of hydrogen-bond acceptors (Lipinski definition) is 5. The Kier molecular flexibility index (Phi) is 4.51. The highest BCUT2D eigenvalue weighted by Gasteiger charge is 2.58. The number of ether oxygens (including phenoxy) is 1. The van der Waals surface area contributed by atoms with Gasteiger partial charge in [-0.2, -0.15) is 0 Å². The van der Waals surface area contributed by atoms with E-state index in [1.54, 1.807) is 30.5 Å². The first-order valence-corrected chi connectivity index (χ1v) is 9.14. The van der Waals surface area contributed by atoms with Gasteiger partial charge in [0.15, 0.2) is 5.76 Å². The van der Waals surface area contributed by atoms with Gasteiger partial charge in [0.2, 0.25) is 5.91 Å². The van der Waals surface area contributed by atoms with Crippen LogP contribution in [0.3, 0.4) is 0 Å². The highest BCUT2D eigenvalue weighted by Crippen LogP contribution is 2.49. The molecule has 2 saturated heterocycles. The molecular weight excluding hydrogens is 348 g/mol. The van der Waals surface area contributed by atoms with Crippen molar-refractivity contribution in [3.8, 4) is 0 Å². The predicted molar refractivity (Wildman–Crippen MR) is 96.1 cm³/mol. The Balaban J connectivity index is 1.65. The molecule has 0 unspecified atom stereocenters. The standard InChI is InChI=1S/C19H24N4O4/c1-21-11-15(20-13-21)14-10-23(17(24)16-4-3-8-27-16)12-19(14)5-6-22(18(19)25)7-9-26-2/h3-4,8,11,13-14H,5-7,9-10,12H2,1-2H3/t14-,19-/m0/s1. The van der Waals surface area contributed by atoms with Gasteiger partial charge in [0, 0.05) is 52.5 Å². The number of amides is 2. The fraction of sp³-hybridized carbons (Fsp3) is 0.526. The van der Waals surface area contributed by atoms with Crippen LogP contribution in [0.25, 0.3) is 0 Å². The van der Waals surface area contributed by atoms with Gasteiger partial charge < -0.3 is 23.5 Å². The maximum atomic E-state index is 13.4. The Bertz CT molecular complexity index is 831. The lowest BCUT2D eigenvalue weighted by Gasteiger charge is -2.27. The topological polar surface area (TPSA) is 80.8 Å². The van der Waals surface area contributed by atoms with Crippen molar-refractivity contribution in [3.63, 3.8) is 0 Å². The smallest absolute Gasteiger partial charge is 0.289 e. The predicted octanol–water partition coefficient (Wildman–Crippen LogP) is 1.12. The second-order valence-electron chi connectivity index (χ2n) is 7.37. The normalized spacial score (nSPS) is 25.1. The van der Waals surface area contributed by atoms with E-state index >= 15 is 0 Å². The van der Waals surface area contributed by atoms with Crippen molar-refractivity contribution in [2.24, 2.45) is 12.5 Å². The molecule has 4 heterocycles. The number of aryl methyl sites for hydroxylation is 1. The van der Waals surface area contributed by atoms with Crippen molar-refractivity contribution in [3.05, 3.63) is 42.4 Å². The number of rotatable bonds is 5. The van der Waals surface area contributed by atoms with E-state index in [0.717, 1.165) is 5.69 Å². The average molecular weight is 372 g/mol. The summed E-state index contributed by atoms with van der Waals surface area (Å²) in [6.07, 6.45) is 5.88. The van der Waals surface area contributed by atoms with E-state index in [9.17, 15) is 9.59 Å². The summed E-state index contributed by atoms with van der Waals surface area (Å²) in [5, 5.41) is 0. The Hall–Kier alpha value is -2.61. The summed E-state index contributed by atoms with van der Waals surface area (Å²) in [5.74, 6) is 0.0806. The minimum atomic E-state index is -0.635. The quantitative estimate of drug-likeness (QED) is 0.786. The SMILES string of the molecule is COCCN1CC[C@@]2(CN(C(=O)c3ccco3)C[C@H]2c2cn(C)cn2)C1=O. The molecule has 0 radical (unpaired) electrons. The highest BCUT2D eigenvalue weighted by atomic mass is 16.5.